The summed E-state index contributed by atoms with van der Waals surface area (Å²) in [5, 5.41) is 31.7. The first-order valence-corrected chi connectivity index (χ1v) is 11.9. The highest BCUT2D eigenvalue weighted by Crippen LogP contribution is 2.41. The van der Waals surface area contributed by atoms with Crippen LogP contribution in [-0.4, -0.2) is 99.1 Å². The Morgan fingerprint density at radius 2 is 1.95 bits per heavy atom. The highest BCUT2D eigenvalue weighted by molar-refractivity contribution is 6.02. The van der Waals surface area contributed by atoms with Gasteiger partial charge in [0.05, 0.1) is 20.2 Å². The smallest absolute Gasteiger partial charge is 0.346 e. The number of carbonyl (C=O) groups is 3. The van der Waals surface area contributed by atoms with Crippen LogP contribution in [-0.2, 0) is 9.59 Å². The van der Waals surface area contributed by atoms with Crippen LogP contribution < -0.4 is 32.2 Å². The topological polar surface area (TPSA) is 208 Å². The van der Waals surface area contributed by atoms with Gasteiger partial charge in [-0.15, -0.1) is 0 Å². The number of nitrogens with zero attached hydrogens (tertiary/aromatic N) is 3. The number of hydrogen-bond acceptors (Lipinski definition) is 11. The fraction of sp³-hybridized carbons (Fsp3) is 0.522. The zero-order chi connectivity index (χ0) is 26.9. The lowest BCUT2D eigenvalue weighted by Crippen LogP contribution is -2.79. The van der Waals surface area contributed by atoms with E-state index in [1.54, 1.807) is 12.1 Å². The average Bonchev–Trinajstić information content (AvgIpc) is 3.43. The monoisotopic (exact) mass is 515 g/mol. The van der Waals surface area contributed by atoms with E-state index in [0.29, 0.717) is 5.75 Å². The summed E-state index contributed by atoms with van der Waals surface area (Å²) in [5.41, 5.74) is 12.5. The number of aliphatic imine (C=N–C) groups is 1. The molecule has 4 heterocycles. The molecule has 2 fully saturated rings. The Morgan fingerprint density at radius 3 is 2.59 bits per heavy atom. The van der Waals surface area contributed by atoms with Crippen LogP contribution in [0.2, 0.25) is 0 Å². The molecule has 4 aliphatic heterocycles. The average molecular weight is 516 g/mol. The largest absolute Gasteiger partial charge is 0.496 e. The number of ether oxygens (including phenoxy) is 1. The minimum atomic E-state index is -2.62. The number of likely N-dealkylation sites (tertiary alicyclic amines) is 1. The number of rotatable bonds is 5. The summed E-state index contributed by atoms with van der Waals surface area (Å²) in [4.78, 5) is 43.2. The van der Waals surface area contributed by atoms with Crippen molar-refractivity contribution in [3.63, 3.8) is 0 Å². The van der Waals surface area contributed by atoms with Gasteiger partial charge in [-0.3, -0.25) is 30.3 Å². The van der Waals surface area contributed by atoms with Crippen molar-refractivity contribution in [3.8, 4) is 5.75 Å². The predicted molar refractivity (Wildman–Crippen MR) is 129 cm³/mol. The van der Waals surface area contributed by atoms with Crippen molar-refractivity contribution in [1.29, 1.82) is 0 Å². The molecule has 0 aromatic heterocycles. The molecular formula is C23H31N8O6+. The van der Waals surface area contributed by atoms with Crippen molar-refractivity contribution in [2.45, 2.75) is 56.3 Å². The zero-order valence-corrected chi connectivity index (χ0v) is 20.7. The summed E-state index contributed by atoms with van der Waals surface area (Å²) >= 11 is 0. The van der Waals surface area contributed by atoms with Crippen LogP contribution in [0.5, 0.6) is 5.75 Å². The Labute approximate surface area is 212 Å². The minimum absolute atomic E-state index is 0.0508. The number of nitrogens with two attached hydrogens (primary N) is 2. The van der Waals surface area contributed by atoms with E-state index in [1.165, 1.54) is 11.7 Å². The van der Waals surface area contributed by atoms with E-state index >= 15 is 0 Å². The molecule has 2 saturated heterocycles. The van der Waals surface area contributed by atoms with Crippen molar-refractivity contribution < 1.29 is 33.9 Å². The summed E-state index contributed by atoms with van der Waals surface area (Å²) in [5.74, 6) is -3.32. The maximum absolute atomic E-state index is 13.2. The molecule has 1 aromatic rings. The van der Waals surface area contributed by atoms with Crippen molar-refractivity contribution in [2.24, 2.45) is 16.5 Å². The molecule has 198 valence electrons. The number of imide groups is 1. The van der Waals surface area contributed by atoms with Gasteiger partial charge in [0, 0.05) is 18.4 Å². The molecule has 0 bridgehead atoms. The number of benzene rings is 1. The summed E-state index contributed by atoms with van der Waals surface area (Å²) < 4.78 is 6.82. The quantitative estimate of drug-likeness (QED) is 0.117. The van der Waals surface area contributed by atoms with Crippen LogP contribution in [0, 0.1) is 13.8 Å². The number of amides is 3. The third kappa shape index (κ3) is 3.50. The Bertz CT molecular complexity index is 1260. The lowest BCUT2D eigenvalue weighted by atomic mass is 9.85. The molecule has 14 nitrogen and oxygen atoms in total. The van der Waals surface area contributed by atoms with Gasteiger partial charge in [-0.2, -0.15) is 0 Å². The van der Waals surface area contributed by atoms with E-state index < -0.39 is 35.5 Å². The van der Waals surface area contributed by atoms with Gasteiger partial charge in [0.2, 0.25) is 23.3 Å². The fourth-order valence-electron chi connectivity index (χ4n) is 5.74. The van der Waals surface area contributed by atoms with E-state index in [-0.39, 0.29) is 55.2 Å². The first kappa shape index (κ1) is 24.8. The lowest BCUT2D eigenvalue weighted by Gasteiger charge is -2.44. The fourth-order valence-corrected chi connectivity index (χ4v) is 5.74. The van der Waals surface area contributed by atoms with Crippen LogP contribution in [0.15, 0.2) is 17.1 Å². The van der Waals surface area contributed by atoms with E-state index in [0.717, 1.165) is 16.0 Å². The third-order valence-corrected chi connectivity index (χ3v) is 7.81. The van der Waals surface area contributed by atoms with E-state index in [1.807, 2.05) is 13.8 Å². The molecule has 3 amide bonds. The van der Waals surface area contributed by atoms with Gasteiger partial charge in [0.15, 0.2) is 5.96 Å². The number of guanidine groups is 2. The summed E-state index contributed by atoms with van der Waals surface area (Å²) in [7, 11) is 1.51. The number of nitrogens with one attached hydrogen (secondary N) is 3. The van der Waals surface area contributed by atoms with Gasteiger partial charge < -0.3 is 31.3 Å². The van der Waals surface area contributed by atoms with Crippen molar-refractivity contribution in [2.75, 3.05) is 20.2 Å². The van der Waals surface area contributed by atoms with Gasteiger partial charge in [-0.05, 0) is 37.1 Å². The molecule has 1 unspecified atom stereocenters. The number of aliphatic hydroxyl groups is 2. The predicted octanol–water partition coefficient (Wildman–Crippen LogP) is -3.46. The van der Waals surface area contributed by atoms with Crippen LogP contribution in [0.25, 0.3) is 0 Å². The molecule has 0 aliphatic carbocycles. The van der Waals surface area contributed by atoms with Gasteiger partial charge in [-0.1, -0.05) is 0 Å². The molecule has 5 rings (SSSR count). The Morgan fingerprint density at radius 1 is 1.27 bits per heavy atom. The molecule has 0 radical (unpaired) electrons. The second kappa shape index (κ2) is 8.31. The van der Waals surface area contributed by atoms with Crippen molar-refractivity contribution in [1.82, 2.24) is 20.9 Å². The normalized spacial score (nSPS) is 29.9. The lowest BCUT2D eigenvalue weighted by molar-refractivity contribution is -0.623. The summed E-state index contributed by atoms with van der Waals surface area (Å²) in [6.07, 6.45) is 0.218. The minimum Gasteiger partial charge on any atom is -0.496 e. The molecule has 0 saturated carbocycles. The Hall–Kier alpha value is -3.91. The molecule has 4 aliphatic rings. The molecule has 14 heteroatoms. The first-order valence-electron chi connectivity index (χ1n) is 11.9. The number of methoxy groups -OCH3 is 1. The molecule has 1 spiro atoms. The first-order chi connectivity index (χ1) is 17.4. The molecular weight excluding hydrogens is 484 g/mol. The van der Waals surface area contributed by atoms with Gasteiger partial charge in [-0.25, -0.2) is 9.57 Å². The van der Waals surface area contributed by atoms with Crippen LogP contribution in [0.1, 0.15) is 34.3 Å². The molecule has 37 heavy (non-hydrogen) atoms. The van der Waals surface area contributed by atoms with Crippen LogP contribution in [0.4, 0.5) is 0 Å². The summed E-state index contributed by atoms with van der Waals surface area (Å²) in [6, 6.07) is 0.295. The van der Waals surface area contributed by atoms with E-state index in [9.17, 15) is 24.6 Å². The number of aryl methyl sites for hydroxylation is 1. The van der Waals surface area contributed by atoms with Crippen LogP contribution >= 0.6 is 0 Å². The Kier molecular flexibility index (Phi) is 5.56. The van der Waals surface area contributed by atoms with E-state index in [4.69, 9.17) is 16.2 Å². The van der Waals surface area contributed by atoms with Crippen LogP contribution in [0.3, 0.4) is 0 Å². The maximum atomic E-state index is 13.2. The molecule has 9 N–H and O–H groups in total. The number of carbonyl (C=O) groups excluding carboxylic acids is 3. The second-order valence-electron chi connectivity index (χ2n) is 9.87. The van der Waals surface area contributed by atoms with Gasteiger partial charge in [0.1, 0.15) is 23.9 Å². The number of hydrogen-bond donors (Lipinski definition) is 7. The zero-order valence-electron chi connectivity index (χ0n) is 20.7. The highest BCUT2D eigenvalue weighted by Gasteiger charge is 2.75. The SMILES string of the molecule is COc1cc(C(=O)NC2C[N+]3=C(N)N[C@@H](CN4C(=O)CCC4=O)[C@@H]4N=C(N)N[C@@]43C2(O)O)cc(C)c1C. The highest BCUT2D eigenvalue weighted by atomic mass is 16.5. The second-order valence-corrected chi connectivity index (χ2v) is 9.87. The Balaban J connectivity index is 1.47. The maximum Gasteiger partial charge on any atom is 0.346 e. The van der Waals surface area contributed by atoms with Gasteiger partial charge in [0.25, 0.3) is 5.91 Å². The van der Waals surface area contributed by atoms with Crippen molar-refractivity contribution >= 4 is 29.6 Å². The third-order valence-electron chi connectivity index (χ3n) is 7.81. The molecule has 4 atom stereocenters. The summed E-state index contributed by atoms with van der Waals surface area (Å²) in [6.45, 7) is 3.53. The van der Waals surface area contributed by atoms with Gasteiger partial charge >= 0.3 is 5.96 Å². The molecule has 1 aromatic carbocycles. The van der Waals surface area contributed by atoms with Crippen molar-refractivity contribution in [3.05, 3.63) is 28.8 Å². The standard InChI is InChI=1S/C23H30N8O6/c1-10-6-12(7-14(37-3)11(10)2)19(34)27-15-9-31-21(25)26-13(8-30-16(32)4-5-17(30)33)18-22(31,23(15,35)36)29-20(24)28-18/h6-7,13,15,18,35-36H,4-5,8-9H2,1-3H3,(H6,24,25,26,27,28,29,34)/p+1/t13-,15?,18-,22-/m0/s1. The van der Waals surface area contributed by atoms with E-state index in [2.05, 4.69) is 20.9 Å².